The topological polar surface area (TPSA) is 51.0 Å². The van der Waals surface area contributed by atoms with Crippen molar-refractivity contribution in [3.05, 3.63) is 23.4 Å². The van der Waals surface area contributed by atoms with Gasteiger partial charge < -0.3 is 9.73 Å². The van der Waals surface area contributed by atoms with Crippen molar-refractivity contribution in [2.75, 3.05) is 6.54 Å². The van der Waals surface area contributed by atoms with Crippen molar-refractivity contribution in [3.8, 4) is 10.8 Å². The zero-order chi connectivity index (χ0) is 10.5. The van der Waals surface area contributed by atoms with E-state index >= 15 is 0 Å². The summed E-state index contributed by atoms with van der Waals surface area (Å²) in [6, 6.07) is 3.75. The molecule has 0 bridgehead atoms. The van der Waals surface area contributed by atoms with Crippen molar-refractivity contribution >= 4 is 11.3 Å². The minimum Gasteiger partial charge on any atom is -0.462 e. The molecule has 5 heteroatoms. The molecule has 0 saturated heterocycles. The minimum atomic E-state index is 0.784. The first kappa shape index (κ1) is 10.3. The first-order chi connectivity index (χ1) is 7.40. The van der Waals surface area contributed by atoms with Crippen LogP contribution in [-0.4, -0.2) is 16.7 Å². The van der Waals surface area contributed by atoms with E-state index in [1.54, 1.807) is 17.6 Å². The Morgan fingerprint density at radius 1 is 1.47 bits per heavy atom. The van der Waals surface area contributed by atoms with Crippen LogP contribution in [-0.2, 0) is 6.54 Å². The van der Waals surface area contributed by atoms with Gasteiger partial charge in [-0.05, 0) is 25.1 Å². The third-order valence-corrected chi connectivity index (χ3v) is 2.84. The normalized spacial score (nSPS) is 10.7. The third kappa shape index (κ3) is 2.64. The smallest absolute Gasteiger partial charge is 0.183 e. The van der Waals surface area contributed by atoms with Gasteiger partial charge in [-0.2, -0.15) is 0 Å². The molecule has 15 heavy (non-hydrogen) atoms. The summed E-state index contributed by atoms with van der Waals surface area (Å²) in [5.41, 5.74) is 0. The van der Waals surface area contributed by atoms with E-state index in [0.717, 1.165) is 35.3 Å². The molecule has 1 N–H and O–H groups in total. The van der Waals surface area contributed by atoms with E-state index in [1.807, 2.05) is 12.1 Å². The Kier molecular flexibility index (Phi) is 3.47. The number of rotatable bonds is 5. The van der Waals surface area contributed by atoms with Gasteiger partial charge >= 0.3 is 0 Å². The number of nitrogens with one attached hydrogen (secondary N) is 1. The predicted octanol–water partition coefficient (Wildman–Crippen LogP) is 2.30. The molecule has 2 aromatic rings. The van der Waals surface area contributed by atoms with Crippen molar-refractivity contribution in [3.63, 3.8) is 0 Å². The summed E-state index contributed by atoms with van der Waals surface area (Å²) in [5, 5.41) is 13.3. The second-order valence-electron chi connectivity index (χ2n) is 3.16. The Hall–Kier alpha value is -1.20. The number of furan rings is 1. The Morgan fingerprint density at radius 3 is 3.13 bits per heavy atom. The second kappa shape index (κ2) is 5.04. The van der Waals surface area contributed by atoms with Crippen LogP contribution < -0.4 is 5.32 Å². The van der Waals surface area contributed by atoms with Gasteiger partial charge in [0.15, 0.2) is 10.8 Å². The molecule has 0 unspecified atom stereocenters. The second-order valence-corrected chi connectivity index (χ2v) is 4.22. The fourth-order valence-corrected chi connectivity index (χ4v) is 1.97. The van der Waals surface area contributed by atoms with Gasteiger partial charge in [-0.15, -0.1) is 10.2 Å². The van der Waals surface area contributed by atoms with Gasteiger partial charge in [0.2, 0.25) is 0 Å². The van der Waals surface area contributed by atoms with Gasteiger partial charge in [-0.1, -0.05) is 18.3 Å². The van der Waals surface area contributed by atoms with Gasteiger partial charge in [0.05, 0.1) is 6.26 Å². The van der Waals surface area contributed by atoms with E-state index in [2.05, 4.69) is 22.4 Å². The first-order valence-corrected chi connectivity index (χ1v) is 5.78. The van der Waals surface area contributed by atoms with Crippen molar-refractivity contribution in [1.29, 1.82) is 0 Å². The van der Waals surface area contributed by atoms with Crippen LogP contribution in [0.25, 0.3) is 10.8 Å². The number of hydrogen-bond donors (Lipinski definition) is 1. The van der Waals surface area contributed by atoms with Crippen LogP contribution in [0.15, 0.2) is 22.8 Å². The average molecular weight is 223 g/mol. The molecule has 4 nitrogen and oxygen atoms in total. The lowest BCUT2D eigenvalue weighted by Crippen LogP contribution is -2.13. The lowest BCUT2D eigenvalue weighted by Gasteiger charge is -1.96. The number of aromatic nitrogens is 2. The summed E-state index contributed by atoms with van der Waals surface area (Å²) in [5.74, 6) is 0.786. The molecule has 80 valence electrons. The molecule has 0 spiro atoms. The largest absolute Gasteiger partial charge is 0.462 e. The van der Waals surface area contributed by atoms with Gasteiger partial charge in [-0.3, -0.25) is 0 Å². The highest BCUT2D eigenvalue weighted by atomic mass is 32.1. The fraction of sp³-hybridized carbons (Fsp3) is 0.400. The van der Waals surface area contributed by atoms with Crippen molar-refractivity contribution < 1.29 is 4.42 Å². The maximum absolute atomic E-state index is 5.25. The van der Waals surface area contributed by atoms with Gasteiger partial charge in [-0.25, -0.2) is 0 Å². The Bertz CT molecular complexity index is 396. The maximum atomic E-state index is 5.25. The molecule has 0 amide bonds. The summed E-state index contributed by atoms with van der Waals surface area (Å²) in [7, 11) is 0. The molecule has 0 aliphatic heterocycles. The van der Waals surface area contributed by atoms with Crippen molar-refractivity contribution in [2.45, 2.75) is 19.9 Å². The van der Waals surface area contributed by atoms with Gasteiger partial charge in [0.25, 0.3) is 0 Å². The number of nitrogens with zero attached hydrogens (tertiary/aromatic N) is 2. The molecule has 0 aliphatic carbocycles. The van der Waals surface area contributed by atoms with E-state index in [-0.39, 0.29) is 0 Å². The summed E-state index contributed by atoms with van der Waals surface area (Å²) >= 11 is 1.56. The molecule has 0 radical (unpaired) electrons. The van der Waals surface area contributed by atoms with Crippen LogP contribution in [0.3, 0.4) is 0 Å². The predicted molar refractivity (Wildman–Crippen MR) is 59.6 cm³/mol. The SMILES string of the molecule is CCCNCc1nnc(-c2ccco2)s1. The zero-order valence-electron chi connectivity index (χ0n) is 8.56. The van der Waals surface area contributed by atoms with E-state index in [1.165, 1.54) is 0 Å². The molecule has 0 atom stereocenters. The molecule has 2 aromatic heterocycles. The molecular formula is C10H13N3OS. The highest BCUT2D eigenvalue weighted by Gasteiger charge is 2.07. The molecule has 2 rings (SSSR count). The lowest BCUT2D eigenvalue weighted by atomic mass is 10.5. The first-order valence-electron chi connectivity index (χ1n) is 4.97. The van der Waals surface area contributed by atoms with Crippen LogP contribution in [0.4, 0.5) is 0 Å². The molecule has 0 saturated carbocycles. The van der Waals surface area contributed by atoms with E-state index in [0.29, 0.717) is 0 Å². The quantitative estimate of drug-likeness (QED) is 0.790. The van der Waals surface area contributed by atoms with Crippen LogP contribution in [0.5, 0.6) is 0 Å². The Balaban J connectivity index is 1.98. The summed E-state index contributed by atoms with van der Waals surface area (Å²) < 4.78 is 5.25. The third-order valence-electron chi connectivity index (χ3n) is 1.90. The molecule has 2 heterocycles. The maximum Gasteiger partial charge on any atom is 0.183 e. The van der Waals surface area contributed by atoms with Crippen molar-refractivity contribution in [2.24, 2.45) is 0 Å². The van der Waals surface area contributed by atoms with Crippen molar-refractivity contribution in [1.82, 2.24) is 15.5 Å². The lowest BCUT2D eigenvalue weighted by molar-refractivity contribution is 0.581. The summed E-state index contributed by atoms with van der Waals surface area (Å²) in [6.45, 7) is 3.93. The van der Waals surface area contributed by atoms with E-state index < -0.39 is 0 Å². The summed E-state index contributed by atoms with van der Waals surface area (Å²) in [4.78, 5) is 0. The Morgan fingerprint density at radius 2 is 2.40 bits per heavy atom. The average Bonchev–Trinajstić information content (AvgIpc) is 2.87. The van der Waals surface area contributed by atoms with Gasteiger partial charge in [0.1, 0.15) is 5.01 Å². The van der Waals surface area contributed by atoms with Crippen LogP contribution in [0.2, 0.25) is 0 Å². The summed E-state index contributed by atoms with van der Waals surface area (Å²) in [6.07, 6.45) is 2.77. The van der Waals surface area contributed by atoms with Crippen LogP contribution in [0.1, 0.15) is 18.4 Å². The fourth-order valence-electron chi connectivity index (χ4n) is 1.20. The standard InChI is InChI=1S/C10H13N3OS/c1-2-5-11-7-9-12-13-10(15-9)8-4-3-6-14-8/h3-4,6,11H,2,5,7H2,1H3. The molecule has 0 aromatic carbocycles. The highest BCUT2D eigenvalue weighted by Crippen LogP contribution is 2.23. The highest BCUT2D eigenvalue weighted by molar-refractivity contribution is 7.14. The molecule has 0 fully saturated rings. The molecule has 0 aliphatic rings. The Labute approximate surface area is 92.3 Å². The monoisotopic (exact) mass is 223 g/mol. The van der Waals surface area contributed by atoms with Crippen LogP contribution >= 0.6 is 11.3 Å². The number of hydrogen-bond acceptors (Lipinski definition) is 5. The van der Waals surface area contributed by atoms with E-state index in [9.17, 15) is 0 Å². The molecular weight excluding hydrogens is 210 g/mol. The van der Waals surface area contributed by atoms with Crippen LogP contribution in [0, 0.1) is 0 Å². The van der Waals surface area contributed by atoms with Gasteiger partial charge in [0, 0.05) is 6.54 Å². The van der Waals surface area contributed by atoms with E-state index in [4.69, 9.17) is 4.42 Å². The zero-order valence-corrected chi connectivity index (χ0v) is 9.38. The minimum absolute atomic E-state index is 0.784.